The molecule has 140 valence electrons. The summed E-state index contributed by atoms with van der Waals surface area (Å²) in [4.78, 5) is 18.8. The average molecular weight is 354 g/mol. The van der Waals surface area contributed by atoms with E-state index in [1.165, 1.54) is 55.4 Å². The molecule has 0 spiro atoms. The quantitative estimate of drug-likeness (QED) is 0.801. The van der Waals surface area contributed by atoms with E-state index in [1.54, 1.807) is 0 Å². The molecule has 1 saturated heterocycles. The van der Waals surface area contributed by atoms with Crippen LogP contribution in [0.1, 0.15) is 60.6 Å². The number of piperidine rings is 1. The van der Waals surface area contributed by atoms with E-state index in [-0.39, 0.29) is 5.91 Å². The molecule has 1 aromatic heterocycles. The molecule has 1 aromatic carbocycles. The second-order valence-electron chi connectivity index (χ2n) is 8.15. The van der Waals surface area contributed by atoms with Crippen LogP contribution < -0.4 is 5.32 Å². The molecule has 2 heterocycles. The minimum atomic E-state index is 0.0569. The molecule has 2 aromatic rings. The summed E-state index contributed by atoms with van der Waals surface area (Å²) >= 11 is 0. The lowest BCUT2D eigenvalue weighted by Gasteiger charge is -2.30. The Bertz CT molecular complexity index is 771. The number of carbonyl (C=O) groups excluding carboxylic acids is 1. The number of aromatic amines is 1. The number of aryl methyl sites for hydroxylation is 2. The molecule has 1 amide bonds. The summed E-state index contributed by atoms with van der Waals surface area (Å²) in [7, 11) is 0. The van der Waals surface area contributed by atoms with Crippen molar-refractivity contribution >= 4 is 16.8 Å². The first-order valence-electron chi connectivity index (χ1n) is 10.4. The van der Waals surface area contributed by atoms with Gasteiger partial charge in [-0.15, -0.1) is 0 Å². The molecule has 0 atom stereocenters. The van der Waals surface area contributed by atoms with Gasteiger partial charge in [0.25, 0.3) is 5.91 Å². The number of nitrogens with one attached hydrogen (secondary N) is 2. The Labute approximate surface area is 156 Å². The van der Waals surface area contributed by atoms with Gasteiger partial charge in [0.15, 0.2) is 0 Å². The second kappa shape index (κ2) is 7.83. The van der Waals surface area contributed by atoms with Crippen molar-refractivity contribution in [3.8, 4) is 0 Å². The number of para-hydroxylation sites is 1. The lowest BCUT2D eigenvalue weighted by Crippen LogP contribution is -2.35. The summed E-state index contributed by atoms with van der Waals surface area (Å²) in [6.45, 7) is 6.61. The minimum absolute atomic E-state index is 0.0569. The molecule has 0 saturated carbocycles. The number of H-pyrrole nitrogens is 1. The molecule has 26 heavy (non-hydrogen) atoms. The van der Waals surface area contributed by atoms with Gasteiger partial charge in [0, 0.05) is 17.6 Å². The lowest BCUT2D eigenvalue weighted by molar-refractivity contribution is 0.0952. The van der Waals surface area contributed by atoms with Crippen LogP contribution in [0.3, 0.4) is 0 Å². The summed E-state index contributed by atoms with van der Waals surface area (Å²) < 4.78 is 0. The van der Waals surface area contributed by atoms with Crippen LogP contribution in [-0.4, -0.2) is 42.0 Å². The third kappa shape index (κ3) is 3.66. The van der Waals surface area contributed by atoms with Crippen LogP contribution in [-0.2, 0) is 12.8 Å². The van der Waals surface area contributed by atoms with E-state index >= 15 is 0 Å². The predicted octanol–water partition coefficient (Wildman–Crippen LogP) is 3.90. The average Bonchev–Trinajstić information content (AvgIpc) is 3.05. The molecule has 2 aliphatic rings. The number of aromatic nitrogens is 1. The maximum absolute atomic E-state index is 12.7. The summed E-state index contributed by atoms with van der Waals surface area (Å²) in [5.74, 6) is 0.930. The van der Waals surface area contributed by atoms with Gasteiger partial charge in [-0.1, -0.05) is 19.1 Å². The highest BCUT2D eigenvalue weighted by Crippen LogP contribution is 2.30. The third-order valence-electron chi connectivity index (χ3n) is 6.19. The predicted molar refractivity (Wildman–Crippen MR) is 107 cm³/mol. The van der Waals surface area contributed by atoms with E-state index in [0.717, 1.165) is 49.4 Å². The van der Waals surface area contributed by atoms with E-state index in [0.29, 0.717) is 0 Å². The molecule has 1 aliphatic heterocycles. The van der Waals surface area contributed by atoms with Crippen molar-refractivity contribution in [2.45, 2.75) is 51.9 Å². The van der Waals surface area contributed by atoms with Crippen LogP contribution in [0, 0.1) is 5.92 Å². The topological polar surface area (TPSA) is 48.1 Å². The molecule has 0 unspecified atom stereocenters. The molecule has 4 nitrogen and oxygen atoms in total. The highest BCUT2D eigenvalue weighted by atomic mass is 16.1. The lowest BCUT2D eigenvalue weighted by atomic mass is 9.95. The number of carbonyl (C=O) groups is 1. The van der Waals surface area contributed by atoms with Gasteiger partial charge >= 0.3 is 0 Å². The molecule has 4 rings (SSSR count). The van der Waals surface area contributed by atoms with Crippen LogP contribution >= 0.6 is 0 Å². The van der Waals surface area contributed by atoms with Gasteiger partial charge in [-0.2, -0.15) is 0 Å². The van der Waals surface area contributed by atoms with Crippen molar-refractivity contribution in [3.05, 3.63) is 35.0 Å². The van der Waals surface area contributed by atoms with Crippen molar-refractivity contribution in [2.24, 2.45) is 5.92 Å². The Balaban J connectivity index is 1.35. The standard InChI is InChI=1S/C22H31N3O/c1-16-10-14-25(15-11-16)13-5-12-23-22(26)19-8-4-7-18-17-6-2-3-9-20(17)24-21(18)19/h4,7-8,16,24H,2-3,5-6,9-15H2,1H3,(H,23,26). The van der Waals surface area contributed by atoms with Gasteiger partial charge in [-0.25, -0.2) is 0 Å². The summed E-state index contributed by atoms with van der Waals surface area (Å²) in [5, 5.41) is 4.38. The normalized spacial score (nSPS) is 18.8. The zero-order chi connectivity index (χ0) is 17.9. The van der Waals surface area contributed by atoms with E-state index in [9.17, 15) is 4.79 Å². The van der Waals surface area contributed by atoms with Crippen LogP contribution in [0.25, 0.3) is 10.9 Å². The van der Waals surface area contributed by atoms with Crippen LogP contribution in [0.5, 0.6) is 0 Å². The van der Waals surface area contributed by atoms with Crippen molar-refractivity contribution in [1.29, 1.82) is 0 Å². The fraction of sp³-hybridized carbons (Fsp3) is 0.591. The maximum Gasteiger partial charge on any atom is 0.253 e. The molecular weight excluding hydrogens is 322 g/mol. The van der Waals surface area contributed by atoms with E-state index in [4.69, 9.17) is 0 Å². The van der Waals surface area contributed by atoms with Gasteiger partial charge in [-0.3, -0.25) is 4.79 Å². The largest absolute Gasteiger partial charge is 0.358 e. The van der Waals surface area contributed by atoms with E-state index in [2.05, 4.69) is 28.2 Å². The Morgan fingerprint density at radius 1 is 1.23 bits per heavy atom. The molecule has 1 aliphatic carbocycles. The molecular formula is C22H31N3O. The maximum atomic E-state index is 12.7. The van der Waals surface area contributed by atoms with Gasteiger partial charge in [-0.05, 0) is 82.1 Å². The van der Waals surface area contributed by atoms with Gasteiger partial charge in [0.05, 0.1) is 11.1 Å². The molecule has 0 bridgehead atoms. The Kier molecular flexibility index (Phi) is 5.30. The molecule has 2 N–H and O–H groups in total. The smallest absolute Gasteiger partial charge is 0.253 e. The number of likely N-dealkylation sites (tertiary alicyclic amines) is 1. The first-order valence-corrected chi connectivity index (χ1v) is 10.4. The fourth-order valence-corrected chi connectivity index (χ4v) is 4.50. The van der Waals surface area contributed by atoms with E-state index < -0.39 is 0 Å². The number of rotatable bonds is 5. The van der Waals surface area contributed by atoms with Crippen LogP contribution in [0.15, 0.2) is 18.2 Å². The van der Waals surface area contributed by atoms with Crippen molar-refractivity contribution in [2.75, 3.05) is 26.2 Å². The molecule has 1 fully saturated rings. The first kappa shape index (κ1) is 17.6. The number of hydrogen-bond acceptors (Lipinski definition) is 2. The second-order valence-corrected chi connectivity index (χ2v) is 8.15. The number of nitrogens with zero attached hydrogens (tertiary/aromatic N) is 1. The highest BCUT2D eigenvalue weighted by Gasteiger charge is 2.19. The van der Waals surface area contributed by atoms with Crippen molar-refractivity contribution in [1.82, 2.24) is 15.2 Å². The van der Waals surface area contributed by atoms with E-state index in [1.807, 2.05) is 12.1 Å². The fourth-order valence-electron chi connectivity index (χ4n) is 4.50. The summed E-state index contributed by atoms with van der Waals surface area (Å²) in [6.07, 6.45) is 8.39. The zero-order valence-corrected chi connectivity index (χ0v) is 15.9. The summed E-state index contributed by atoms with van der Waals surface area (Å²) in [6, 6.07) is 6.13. The highest BCUT2D eigenvalue weighted by molar-refractivity contribution is 6.06. The Hall–Kier alpha value is -1.81. The van der Waals surface area contributed by atoms with Gasteiger partial charge in [0.2, 0.25) is 0 Å². The molecule has 0 radical (unpaired) electrons. The molecule has 4 heteroatoms. The van der Waals surface area contributed by atoms with Gasteiger partial charge in [0.1, 0.15) is 0 Å². The van der Waals surface area contributed by atoms with Gasteiger partial charge < -0.3 is 15.2 Å². The Morgan fingerprint density at radius 3 is 2.88 bits per heavy atom. The van der Waals surface area contributed by atoms with Crippen LogP contribution in [0.4, 0.5) is 0 Å². The number of amides is 1. The number of hydrogen-bond donors (Lipinski definition) is 2. The zero-order valence-electron chi connectivity index (χ0n) is 15.9. The van der Waals surface area contributed by atoms with Crippen molar-refractivity contribution in [3.63, 3.8) is 0 Å². The minimum Gasteiger partial charge on any atom is -0.358 e. The monoisotopic (exact) mass is 353 g/mol. The SMILES string of the molecule is CC1CCN(CCCNC(=O)c2cccc3c4c([nH]c23)CCCC4)CC1. The Morgan fingerprint density at radius 2 is 2.04 bits per heavy atom. The van der Waals surface area contributed by atoms with Crippen LogP contribution in [0.2, 0.25) is 0 Å². The first-order chi connectivity index (χ1) is 12.7. The number of benzene rings is 1. The third-order valence-corrected chi connectivity index (χ3v) is 6.19. The summed E-state index contributed by atoms with van der Waals surface area (Å²) in [5.41, 5.74) is 4.59. The van der Waals surface area contributed by atoms with Crippen molar-refractivity contribution < 1.29 is 4.79 Å². The number of fused-ring (bicyclic) bond motifs is 3.